The molecule has 0 saturated carbocycles. The van der Waals surface area contributed by atoms with Gasteiger partial charge in [0.05, 0.1) is 0 Å². The summed E-state index contributed by atoms with van der Waals surface area (Å²) in [7, 11) is -1.94. The molecule has 0 aromatic carbocycles. The Labute approximate surface area is 51.1 Å². The summed E-state index contributed by atoms with van der Waals surface area (Å²) in [5, 5.41) is 0. The van der Waals surface area contributed by atoms with Crippen molar-refractivity contribution in [3.05, 3.63) is 0 Å². The van der Waals surface area contributed by atoms with E-state index in [4.69, 9.17) is 0 Å². The van der Waals surface area contributed by atoms with Crippen molar-refractivity contribution in [1.29, 1.82) is 0 Å². The van der Waals surface area contributed by atoms with Crippen molar-refractivity contribution >= 4 is 15.2 Å². The van der Waals surface area contributed by atoms with Crippen LogP contribution in [0.3, 0.4) is 0 Å². The standard InChI is InChI=1S/C5H10O2S/c1-3-5(4-2)8(6)7/h3-4H2,1-2H3. The lowest BCUT2D eigenvalue weighted by atomic mass is 10.3. The minimum absolute atomic E-state index is 0.602. The van der Waals surface area contributed by atoms with E-state index in [1.54, 1.807) is 0 Å². The molecule has 48 valence electrons. The molecular weight excluding hydrogens is 124 g/mol. The van der Waals surface area contributed by atoms with Crippen molar-refractivity contribution in [2.75, 3.05) is 0 Å². The van der Waals surface area contributed by atoms with Crippen molar-refractivity contribution in [3.63, 3.8) is 0 Å². The van der Waals surface area contributed by atoms with Crippen LogP contribution in [0.15, 0.2) is 0 Å². The van der Waals surface area contributed by atoms with Crippen LogP contribution in [-0.2, 0) is 10.3 Å². The predicted octanol–water partition coefficient (Wildman–Crippen LogP) is 0.858. The molecule has 0 aliphatic carbocycles. The number of hydrogen-bond donors (Lipinski definition) is 0. The largest absolute Gasteiger partial charge is 0.213 e. The summed E-state index contributed by atoms with van der Waals surface area (Å²) in [6.07, 6.45) is 1.29. The third-order valence-corrected chi connectivity index (χ3v) is 2.07. The van der Waals surface area contributed by atoms with Gasteiger partial charge in [0.1, 0.15) is 0 Å². The molecule has 0 atom stereocenters. The van der Waals surface area contributed by atoms with E-state index in [1.165, 1.54) is 0 Å². The molecule has 0 spiro atoms. The SMILES string of the molecule is CCC(CC)=S(=O)=O. The molecule has 3 heteroatoms. The zero-order valence-corrected chi connectivity index (χ0v) is 5.96. The second-order valence-electron chi connectivity index (χ2n) is 1.48. The van der Waals surface area contributed by atoms with E-state index in [1.807, 2.05) is 13.8 Å². The van der Waals surface area contributed by atoms with Gasteiger partial charge in [0, 0.05) is 4.86 Å². The van der Waals surface area contributed by atoms with Gasteiger partial charge in [-0.2, -0.15) is 8.42 Å². The zero-order valence-electron chi connectivity index (χ0n) is 5.14. The van der Waals surface area contributed by atoms with Crippen LogP contribution in [-0.4, -0.2) is 13.3 Å². The lowest BCUT2D eigenvalue weighted by Gasteiger charge is -1.85. The van der Waals surface area contributed by atoms with E-state index < -0.39 is 10.3 Å². The maximum atomic E-state index is 10.1. The van der Waals surface area contributed by atoms with E-state index >= 15 is 0 Å². The Morgan fingerprint density at radius 3 is 1.62 bits per heavy atom. The van der Waals surface area contributed by atoms with Crippen LogP contribution in [0, 0.1) is 0 Å². The van der Waals surface area contributed by atoms with Gasteiger partial charge in [0.25, 0.3) is 0 Å². The van der Waals surface area contributed by atoms with E-state index in [-0.39, 0.29) is 0 Å². The van der Waals surface area contributed by atoms with Crippen LogP contribution in [0.2, 0.25) is 0 Å². The summed E-state index contributed by atoms with van der Waals surface area (Å²) < 4.78 is 20.2. The Bertz CT molecular complexity index is 163. The minimum Gasteiger partial charge on any atom is -0.185 e. The van der Waals surface area contributed by atoms with Crippen LogP contribution in [0.5, 0.6) is 0 Å². The fourth-order valence-corrected chi connectivity index (χ4v) is 0.957. The van der Waals surface area contributed by atoms with Crippen molar-refractivity contribution in [2.24, 2.45) is 0 Å². The Kier molecular flexibility index (Phi) is 3.52. The quantitative estimate of drug-likeness (QED) is 0.525. The Morgan fingerprint density at radius 1 is 1.25 bits per heavy atom. The average molecular weight is 134 g/mol. The van der Waals surface area contributed by atoms with Crippen LogP contribution >= 0.6 is 0 Å². The van der Waals surface area contributed by atoms with Gasteiger partial charge in [-0.1, -0.05) is 13.8 Å². The molecule has 0 N–H and O–H groups in total. The second-order valence-corrected chi connectivity index (χ2v) is 2.53. The molecule has 0 aromatic rings. The predicted molar refractivity (Wildman–Crippen MR) is 34.5 cm³/mol. The molecule has 2 nitrogen and oxygen atoms in total. The maximum Gasteiger partial charge on any atom is 0.213 e. The monoisotopic (exact) mass is 134 g/mol. The molecule has 0 rings (SSSR count). The Balaban J connectivity index is 4.34. The summed E-state index contributed by atoms with van der Waals surface area (Å²) >= 11 is 0. The van der Waals surface area contributed by atoms with Gasteiger partial charge in [0.2, 0.25) is 10.3 Å². The molecule has 0 aliphatic rings. The van der Waals surface area contributed by atoms with Gasteiger partial charge in [-0.15, -0.1) is 0 Å². The van der Waals surface area contributed by atoms with Crippen LogP contribution in [0.1, 0.15) is 26.7 Å². The van der Waals surface area contributed by atoms with Crippen molar-refractivity contribution < 1.29 is 8.42 Å². The number of hydrogen-bond acceptors (Lipinski definition) is 2. The average Bonchev–Trinajstić information content (AvgIpc) is 1.69. The highest BCUT2D eigenvalue weighted by molar-refractivity contribution is 7.72. The fourth-order valence-electron chi connectivity index (χ4n) is 0.486. The molecule has 8 heavy (non-hydrogen) atoms. The topological polar surface area (TPSA) is 34.1 Å². The summed E-state index contributed by atoms with van der Waals surface area (Å²) in [6.45, 7) is 3.68. The second kappa shape index (κ2) is 3.66. The molecule has 0 radical (unpaired) electrons. The smallest absolute Gasteiger partial charge is 0.185 e. The summed E-state index contributed by atoms with van der Waals surface area (Å²) in [5.74, 6) is 0. The van der Waals surface area contributed by atoms with Crippen LogP contribution in [0.25, 0.3) is 0 Å². The molecule has 0 aromatic heterocycles. The maximum absolute atomic E-state index is 10.1. The molecule has 0 unspecified atom stereocenters. The molecular formula is C5H10O2S. The fraction of sp³-hybridized carbons (Fsp3) is 0.800. The number of rotatable bonds is 2. The first-order valence-electron chi connectivity index (χ1n) is 2.66. The van der Waals surface area contributed by atoms with Gasteiger partial charge in [-0.25, -0.2) is 0 Å². The normalized spacial score (nSPS) is 8.75. The highest BCUT2D eigenvalue weighted by Crippen LogP contribution is 1.86. The lowest BCUT2D eigenvalue weighted by Crippen LogP contribution is -1.92. The van der Waals surface area contributed by atoms with E-state index in [0.717, 1.165) is 0 Å². The summed E-state index contributed by atoms with van der Waals surface area (Å²) in [5.41, 5.74) is 0. The lowest BCUT2D eigenvalue weighted by molar-refractivity contribution is 0.626. The molecule has 0 aliphatic heterocycles. The molecule has 0 amide bonds. The third-order valence-electron chi connectivity index (χ3n) is 1.02. The summed E-state index contributed by atoms with van der Waals surface area (Å²) in [6, 6.07) is 0. The molecule has 0 bridgehead atoms. The van der Waals surface area contributed by atoms with E-state index in [9.17, 15) is 8.42 Å². The van der Waals surface area contributed by atoms with Gasteiger partial charge in [0.15, 0.2) is 0 Å². The van der Waals surface area contributed by atoms with Crippen molar-refractivity contribution in [3.8, 4) is 0 Å². The Morgan fingerprint density at radius 2 is 1.62 bits per heavy atom. The molecule has 0 saturated heterocycles. The van der Waals surface area contributed by atoms with Gasteiger partial charge >= 0.3 is 0 Å². The van der Waals surface area contributed by atoms with E-state index in [0.29, 0.717) is 17.7 Å². The first-order valence-corrected chi connectivity index (χ1v) is 3.73. The highest BCUT2D eigenvalue weighted by Gasteiger charge is 1.90. The minimum atomic E-state index is -1.94. The molecule has 0 heterocycles. The van der Waals surface area contributed by atoms with Crippen LogP contribution in [0.4, 0.5) is 0 Å². The first kappa shape index (κ1) is 7.69. The highest BCUT2D eigenvalue weighted by atomic mass is 32.2. The third kappa shape index (κ3) is 2.12. The van der Waals surface area contributed by atoms with Gasteiger partial charge in [-0.05, 0) is 12.8 Å². The van der Waals surface area contributed by atoms with E-state index in [2.05, 4.69) is 0 Å². The molecule has 0 fully saturated rings. The zero-order chi connectivity index (χ0) is 6.57. The van der Waals surface area contributed by atoms with Crippen LogP contribution < -0.4 is 0 Å². The summed E-state index contributed by atoms with van der Waals surface area (Å²) in [4.78, 5) is 0.602. The van der Waals surface area contributed by atoms with Crippen molar-refractivity contribution in [1.82, 2.24) is 0 Å². The van der Waals surface area contributed by atoms with Crippen molar-refractivity contribution in [2.45, 2.75) is 26.7 Å². The Hall–Kier alpha value is -0.310. The van der Waals surface area contributed by atoms with Gasteiger partial charge in [-0.3, -0.25) is 0 Å². The van der Waals surface area contributed by atoms with Gasteiger partial charge < -0.3 is 0 Å². The first-order chi connectivity index (χ1) is 3.72.